The van der Waals surface area contributed by atoms with Gasteiger partial charge in [-0.25, -0.2) is 12.8 Å². The van der Waals surface area contributed by atoms with Gasteiger partial charge >= 0.3 is 0 Å². The highest BCUT2D eigenvalue weighted by Crippen LogP contribution is 2.34. The van der Waals surface area contributed by atoms with E-state index in [0.717, 1.165) is 24.1 Å². The van der Waals surface area contributed by atoms with Gasteiger partial charge in [-0.3, -0.25) is 9.10 Å². The number of nitrogens with one attached hydrogen (secondary N) is 1. The Kier molecular flexibility index (Phi) is 6.50. The molecular weight excluding hydrogens is 447 g/mol. The van der Waals surface area contributed by atoms with Crippen LogP contribution in [-0.4, -0.2) is 34.6 Å². The minimum absolute atomic E-state index is 0.0106. The number of hydrogen-bond acceptors (Lipinski definition) is 5. The molecule has 1 N–H and O–H groups in total. The number of carbonyl (C=O) groups excluding carboxylic acids is 1. The molecule has 7 nitrogen and oxygen atoms in total. The van der Waals surface area contributed by atoms with Gasteiger partial charge in [0.2, 0.25) is 0 Å². The Morgan fingerprint density at radius 2 is 1.79 bits per heavy atom. The number of anilines is 2. The quantitative estimate of drug-likeness (QED) is 0.564. The number of sulfonamides is 1. The first-order valence-electron chi connectivity index (χ1n) is 10.4. The molecule has 0 bridgehead atoms. The van der Waals surface area contributed by atoms with E-state index >= 15 is 0 Å². The van der Waals surface area contributed by atoms with Crippen LogP contribution in [0.4, 0.5) is 15.8 Å². The van der Waals surface area contributed by atoms with Crippen LogP contribution in [0.15, 0.2) is 71.6 Å². The fraction of sp³-hybridized carbons (Fsp3) is 0.208. The fourth-order valence-electron chi connectivity index (χ4n) is 3.68. The SMILES string of the molecule is COc1ccccc1OCC(=O)Nc1ccc2c(c1)N(S(=O)(=O)c1ccc(F)cc1)CCC2. The molecule has 0 radical (unpaired) electrons. The predicted octanol–water partition coefficient (Wildman–Crippen LogP) is 3.99. The van der Waals surface area contributed by atoms with Crippen LogP contribution in [0.1, 0.15) is 12.0 Å². The van der Waals surface area contributed by atoms with Crippen molar-refractivity contribution in [2.75, 3.05) is 29.9 Å². The summed E-state index contributed by atoms with van der Waals surface area (Å²) in [7, 11) is -2.36. The van der Waals surface area contributed by atoms with E-state index in [1.807, 2.05) is 0 Å². The minimum Gasteiger partial charge on any atom is -0.493 e. The summed E-state index contributed by atoms with van der Waals surface area (Å²) in [5, 5.41) is 2.74. The number of nitrogens with zero attached hydrogens (tertiary/aromatic N) is 1. The van der Waals surface area contributed by atoms with Crippen LogP contribution in [0.25, 0.3) is 0 Å². The lowest BCUT2D eigenvalue weighted by Gasteiger charge is -2.31. The molecule has 172 valence electrons. The monoisotopic (exact) mass is 470 g/mol. The van der Waals surface area contributed by atoms with Gasteiger partial charge in [0, 0.05) is 12.2 Å². The topological polar surface area (TPSA) is 84.9 Å². The summed E-state index contributed by atoms with van der Waals surface area (Å²) >= 11 is 0. The number of ether oxygens (including phenoxy) is 2. The Bertz CT molecular complexity index is 1260. The third-order valence-electron chi connectivity index (χ3n) is 5.27. The maximum absolute atomic E-state index is 13.3. The molecule has 0 atom stereocenters. The first-order chi connectivity index (χ1) is 15.9. The fourth-order valence-corrected chi connectivity index (χ4v) is 5.21. The van der Waals surface area contributed by atoms with Gasteiger partial charge < -0.3 is 14.8 Å². The summed E-state index contributed by atoms with van der Waals surface area (Å²) in [4.78, 5) is 12.5. The van der Waals surface area contributed by atoms with Crippen LogP contribution in [-0.2, 0) is 21.2 Å². The Labute approximate surface area is 191 Å². The van der Waals surface area contributed by atoms with Crippen molar-refractivity contribution in [2.24, 2.45) is 0 Å². The molecule has 0 saturated carbocycles. The second-order valence-corrected chi connectivity index (χ2v) is 9.33. The maximum atomic E-state index is 13.3. The van der Waals surface area contributed by atoms with Crippen LogP contribution in [0, 0.1) is 5.82 Å². The minimum atomic E-state index is -3.88. The number of hydrogen-bond donors (Lipinski definition) is 1. The smallest absolute Gasteiger partial charge is 0.264 e. The van der Waals surface area contributed by atoms with Crippen molar-refractivity contribution < 1.29 is 27.1 Å². The number of aryl methyl sites for hydroxylation is 1. The summed E-state index contributed by atoms with van der Waals surface area (Å²) in [6, 6.07) is 16.9. The zero-order valence-corrected chi connectivity index (χ0v) is 18.8. The first-order valence-corrected chi connectivity index (χ1v) is 11.8. The number of halogens is 1. The number of amides is 1. The number of benzene rings is 3. The maximum Gasteiger partial charge on any atom is 0.264 e. The molecule has 0 aliphatic carbocycles. The van der Waals surface area contributed by atoms with E-state index in [-0.39, 0.29) is 11.5 Å². The Balaban J connectivity index is 1.52. The molecule has 0 fully saturated rings. The highest BCUT2D eigenvalue weighted by atomic mass is 32.2. The Morgan fingerprint density at radius 3 is 2.52 bits per heavy atom. The van der Waals surface area contributed by atoms with Gasteiger partial charge in [-0.15, -0.1) is 0 Å². The number of rotatable bonds is 7. The van der Waals surface area contributed by atoms with Crippen LogP contribution in [0.2, 0.25) is 0 Å². The van der Waals surface area contributed by atoms with E-state index < -0.39 is 21.7 Å². The molecule has 4 rings (SSSR count). The van der Waals surface area contributed by atoms with Gasteiger partial charge in [0.25, 0.3) is 15.9 Å². The molecule has 1 heterocycles. The molecule has 0 aromatic heterocycles. The molecule has 1 amide bonds. The second-order valence-electron chi connectivity index (χ2n) is 7.47. The number of methoxy groups -OCH3 is 1. The Hall–Kier alpha value is -3.59. The van der Waals surface area contributed by atoms with Crippen LogP contribution in [0.3, 0.4) is 0 Å². The molecular formula is C24H23FN2O5S. The van der Waals surface area contributed by atoms with Crippen molar-refractivity contribution in [1.82, 2.24) is 0 Å². The van der Waals surface area contributed by atoms with Gasteiger partial charge in [0.05, 0.1) is 17.7 Å². The van der Waals surface area contributed by atoms with Crippen molar-refractivity contribution in [2.45, 2.75) is 17.7 Å². The van der Waals surface area contributed by atoms with Crippen molar-refractivity contribution >= 4 is 27.3 Å². The molecule has 0 saturated heterocycles. The average molecular weight is 471 g/mol. The third-order valence-corrected chi connectivity index (χ3v) is 7.10. The molecule has 1 aliphatic heterocycles. The summed E-state index contributed by atoms with van der Waals surface area (Å²) in [6.45, 7) is 0.0517. The number of fused-ring (bicyclic) bond motifs is 1. The predicted molar refractivity (Wildman–Crippen MR) is 123 cm³/mol. The van der Waals surface area contributed by atoms with Gasteiger partial charge in [0.1, 0.15) is 5.82 Å². The van der Waals surface area contributed by atoms with Crippen LogP contribution in [0.5, 0.6) is 11.5 Å². The number of para-hydroxylation sites is 2. The molecule has 1 aliphatic rings. The summed E-state index contributed by atoms with van der Waals surface area (Å²) < 4.78 is 51.7. The largest absolute Gasteiger partial charge is 0.493 e. The molecule has 3 aromatic carbocycles. The highest BCUT2D eigenvalue weighted by molar-refractivity contribution is 7.92. The zero-order valence-electron chi connectivity index (χ0n) is 18.0. The van der Waals surface area contributed by atoms with E-state index in [1.165, 1.54) is 23.5 Å². The molecule has 33 heavy (non-hydrogen) atoms. The van der Waals surface area contributed by atoms with Gasteiger partial charge in [-0.05, 0) is 66.9 Å². The molecule has 9 heteroatoms. The van der Waals surface area contributed by atoms with Gasteiger partial charge in [0.15, 0.2) is 18.1 Å². The van der Waals surface area contributed by atoms with E-state index in [9.17, 15) is 17.6 Å². The van der Waals surface area contributed by atoms with Crippen molar-refractivity contribution in [3.05, 3.63) is 78.1 Å². The Morgan fingerprint density at radius 1 is 1.06 bits per heavy atom. The van der Waals surface area contributed by atoms with E-state index in [1.54, 1.807) is 42.5 Å². The van der Waals surface area contributed by atoms with Crippen molar-refractivity contribution in [1.29, 1.82) is 0 Å². The van der Waals surface area contributed by atoms with Crippen LogP contribution < -0.4 is 19.1 Å². The van der Waals surface area contributed by atoms with E-state index in [2.05, 4.69) is 5.32 Å². The lowest BCUT2D eigenvalue weighted by molar-refractivity contribution is -0.118. The zero-order chi connectivity index (χ0) is 23.4. The van der Waals surface area contributed by atoms with Gasteiger partial charge in [-0.1, -0.05) is 18.2 Å². The third kappa shape index (κ3) is 4.93. The van der Waals surface area contributed by atoms with Gasteiger partial charge in [-0.2, -0.15) is 0 Å². The summed E-state index contributed by atoms with van der Waals surface area (Å²) in [5.74, 6) is 0.0517. The molecule has 0 spiro atoms. The first kappa shape index (κ1) is 22.6. The lowest BCUT2D eigenvalue weighted by atomic mass is 10.0. The lowest BCUT2D eigenvalue weighted by Crippen LogP contribution is -2.35. The number of carbonyl (C=O) groups is 1. The highest BCUT2D eigenvalue weighted by Gasteiger charge is 2.29. The standard InChI is InChI=1S/C24H23FN2O5S/c1-31-22-6-2-3-7-23(22)32-16-24(28)26-19-11-8-17-5-4-14-27(21(17)15-19)33(29,30)20-12-9-18(25)10-13-20/h2-3,6-13,15H,4-5,14,16H2,1H3,(H,26,28). The summed E-state index contributed by atoms with van der Waals surface area (Å²) in [6.07, 6.45) is 1.38. The summed E-state index contributed by atoms with van der Waals surface area (Å²) in [5.41, 5.74) is 1.80. The normalized spacial score (nSPS) is 13.2. The van der Waals surface area contributed by atoms with Crippen LogP contribution >= 0.6 is 0 Å². The average Bonchev–Trinajstić information content (AvgIpc) is 2.82. The van der Waals surface area contributed by atoms with Crippen molar-refractivity contribution in [3.8, 4) is 11.5 Å². The second kappa shape index (κ2) is 9.50. The molecule has 3 aromatic rings. The van der Waals surface area contributed by atoms with Crippen molar-refractivity contribution in [3.63, 3.8) is 0 Å². The molecule has 0 unspecified atom stereocenters. The van der Waals surface area contributed by atoms with E-state index in [4.69, 9.17) is 9.47 Å². The van der Waals surface area contributed by atoms with E-state index in [0.29, 0.717) is 35.8 Å².